The van der Waals surface area contributed by atoms with Crippen molar-refractivity contribution in [3.05, 3.63) is 12.2 Å². The Morgan fingerprint density at radius 2 is 0.931 bits per heavy atom. The van der Waals surface area contributed by atoms with Gasteiger partial charge in [0.2, 0.25) is 5.91 Å². The maximum Gasteiger partial charge on any atom is 0.472 e. The highest BCUT2D eigenvalue weighted by Crippen LogP contribution is 2.43. The molecule has 1 unspecified atom stereocenters. The number of amides is 1. The number of nitrogens with one attached hydrogen (secondary N) is 1. The number of aliphatic hydroxyl groups excluding tert-OH is 1. The highest BCUT2D eigenvalue weighted by atomic mass is 31.2. The topological polar surface area (TPSA) is 105 Å². The Kier molecular flexibility index (Phi) is 41.0. The molecule has 0 radical (unpaired) electrons. The van der Waals surface area contributed by atoms with Crippen LogP contribution < -0.4 is 5.32 Å². The molecule has 0 spiro atoms. The Hall–Kier alpha value is -0.760. The maximum atomic E-state index is 12.9. The van der Waals surface area contributed by atoms with Crippen LogP contribution in [-0.4, -0.2) is 73.4 Å². The first-order valence-electron chi connectivity index (χ1n) is 25.1. The third-order valence-electron chi connectivity index (χ3n) is 11.5. The van der Waals surface area contributed by atoms with E-state index in [2.05, 4.69) is 31.3 Å². The molecule has 0 fully saturated rings. The Labute approximate surface area is 361 Å². The van der Waals surface area contributed by atoms with Crippen LogP contribution in [0.15, 0.2) is 12.2 Å². The summed E-state index contributed by atoms with van der Waals surface area (Å²) < 4.78 is 23.7. The van der Waals surface area contributed by atoms with E-state index in [9.17, 15) is 19.4 Å². The van der Waals surface area contributed by atoms with Crippen molar-refractivity contribution in [2.24, 2.45) is 0 Å². The standard InChI is InChI=1S/C49H99N2O6P/c1-6-8-10-12-14-16-18-20-22-23-24-25-26-27-29-31-33-35-37-39-41-43-49(53)50-47(46-57-58(54,55)56-45-44-51(3,4)5)48(52)42-40-38-36-34-32-30-28-21-19-17-15-13-11-9-7-2/h20,22,47-48,52H,6-19,21,23-46H2,1-5H3,(H-,50,53,54,55)/p+1/b22-20-/t47-,48+/m0/s1. The van der Waals surface area contributed by atoms with Gasteiger partial charge in [-0.3, -0.25) is 13.8 Å². The minimum atomic E-state index is -4.31. The average molecular weight is 844 g/mol. The van der Waals surface area contributed by atoms with Crippen molar-refractivity contribution in [3.63, 3.8) is 0 Å². The molecule has 0 rings (SSSR count). The van der Waals surface area contributed by atoms with E-state index in [1.165, 1.54) is 180 Å². The van der Waals surface area contributed by atoms with Gasteiger partial charge in [0.15, 0.2) is 0 Å². The lowest BCUT2D eigenvalue weighted by Gasteiger charge is -2.26. The molecule has 58 heavy (non-hydrogen) atoms. The van der Waals surface area contributed by atoms with Crippen molar-refractivity contribution in [2.75, 3.05) is 40.9 Å². The number of likely N-dealkylation sites (N-methyl/N-ethyl adjacent to an activating group) is 1. The summed E-state index contributed by atoms with van der Waals surface area (Å²) in [6.07, 6.45) is 48.1. The van der Waals surface area contributed by atoms with Crippen molar-refractivity contribution in [3.8, 4) is 0 Å². The minimum absolute atomic E-state index is 0.0768. The van der Waals surface area contributed by atoms with Crippen molar-refractivity contribution in [2.45, 2.75) is 257 Å². The lowest BCUT2D eigenvalue weighted by Crippen LogP contribution is -2.46. The first kappa shape index (κ1) is 57.2. The monoisotopic (exact) mass is 844 g/mol. The number of rotatable bonds is 46. The van der Waals surface area contributed by atoms with E-state index < -0.39 is 20.0 Å². The van der Waals surface area contributed by atoms with Crippen molar-refractivity contribution < 1.29 is 32.9 Å². The summed E-state index contributed by atoms with van der Waals surface area (Å²) in [7, 11) is 1.62. The molecule has 0 saturated heterocycles. The number of carbonyl (C=O) groups is 1. The summed E-state index contributed by atoms with van der Waals surface area (Å²) in [6.45, 7) is 4.91. The number of allylic oxidation sites excluding steroid dienone is 2. The van der Waals surface area contributed by atoms with Gasteiger partial charge in [-0.05, 0) is 38.5 Å². The molecule has 0 aliphatic carbocycles. The largest absolute Gasteiger partial charge is 0.472 e. The number of hydrogen-bond acceptors (Lipinski definition) is 5. The molecule has 0 aromatic rings. The van der Waals surface area contributed by atoms with Crippen LogP contribution in [0.1, 0.15) is 245 Å². The molecule has 0 aliphatic rings. The van der Waals surface area contributed by atoms with E-state index in [4.69, 9.17) is 9.05 Å². The molecule has 0 aromatic heterocycles. The molecule has 0 heterocycles. The van der Waals surface area contributed by atoms with E-state index in [0.29, 0.717) is 23.9 Å². The molecular formula is C49H100N2O6P+. The summed E-state index contributed by atoms with van der Waals surface area (Å²) in [6, 6.07) is -0.756. The van der Waals surface area contributed by atoms with E-state index >= 15 is 0 Å². The second kappa shape index (κ2) is 41.6. The Balaban J connectivity index is 4.23. The molecule has 3 atom stereocenters. The van der Waals surface area contributed by atoms with Gasteiger partial charge >= 0.3 is 7.82 Å². The molecular weight excluding hydrogens is 744 g/mol. The quantitative estimate of drug-likeness (QED) is 0.0244. The second-order valence-corrected chi connectivity index (χ2v) is 20.0. The third kappa shape index (κ3) is 43.3. The Morgan fingerprint density at radius 1 is 0.569 bits per heavy atom. The van der Waals surface area contributed by atoms with Crippen LogP contribution in [-0.2, 0) is 18.4 Å². The molecule has 8 nitrogen and oxygen atoms in total. The molecule has 0 bridgehead atoms. The van der Waals surface area contributed by atoms with E-state index in [1.54, 1.807) is 0 Å². The molecule has 0 saturated carbocycles. The molecule has 1 amide bonds. The minimum Gasteiger partial charge on any atom is -0.391 e. The molecule has 0 aliphatic heterocycles. The van der Waals surface area contributed by atoms with Crippen LogP contribution >= 0.6 is 7.82 Å². The van der Waals surface area contributed by atoms with Gasteiger partial charge in [-0.2, -0.15) is 0 Å². The fourth-order valence-electron chi connectivity index (χ4n) is 7.51. The number of aliphatic hydroxyl groups is 1. The number of quaternary nitrogens is 1. The number of hydrogen-bond donors (Lipinski definition) is 3. The van der Waals surface area contributed by atoms with Crippen LogP contribution in [0.5, 0.6) is 0 Å². The van der Waals surface area contributed by atoms with Gasteiger partial charge in [-0.15, -0.1) is 0 Å². The second-order valence-electron chi connectivity index (χ2n) is 18.5. The zero-order chi connectivity index (χ0) is 42.8. The van der Waals surface area contributed by atoms with E-state index in [1.807, 2.05) is 21.1 Å². The molecule has 9 heteroatoms. The molecule has 346 valence electrons. The number of carbonyl (C=O) groups excluding carboxylic acids is 1. The number of phosphoric ester groups is 1. The highest BCUT2D eigenvalue weighted by Gasteiger charge is 2.28. The summed E-state index contributed by atoms with van der Waals surface area (Å²) in [4.78, 5) is 23.2. The van der Waals surface area contributed by atoms with Crippen LogP contribution in [0.4, 0.5) is 0 Å². The lowest BCUT2D eigenvalue weighted by molar-refractivity contribution is -0.870. The van der Waals surface area contributed by atoms with Gasteiger partial charge in [0.25, 0.3) is 0 Å². The van der Waals surface area contributed by atoms with Crippen LogP contribution in [0, 0.1) is 0 Å². The zero-order valence-corrected chi connectivity index (χ0v) is 40.2. The zero-order valence-electron chi connectivity index (χ0n) is 39.3. The smallest absolute Gasteiger partial charge is 0.391 e. The van der Waals surface area contributed by atoms with Gasteiger partial charge < -0.3 is 19.8 Å². The van der Waals surface area contributed by atoms with Gasteiger partial charge in [0, 0.05) is 6.42 Å². The highest BCUT2D eigenvalue weighted by molar-refractivity contribution is 7.47. The Morgan fingerprint density at radius 3 is 1.33 bits per heavy atom. The lowest BCUT2D eigenvalue weighted by atomic mass is 10.0. The number of unbranched alkanes of at least 4 members (excludes halogenated alkanes) is 31. The fourth-order valence-corrected chi connectivity index (χ4v) is 8.25. The first-order chi connectivity index (χ1) is 28.0. The SMILES string of the molecule is CCCCCCCC/C=C\CCCCCCCCCCCCCC(=O)N[C@@H](COP(=O)(O)OCC[N+](C)(C)C)[C@H](O)CCCCCCCCCCCCCCCCC. The van der Waals surface area contributed by atoms with E-state index in [-0.39, 0.29) is 19.1 Å². The number of nitrogens with zero attached hydrogens (tertiary/aromatic N) is 1. The summed E-state index contributed by atoms with van der Waals surface area (Å²) >= 11 is 0. The normalized spacial score (nSPS) is 14.3. The summed E-state index contributed by atoms with van der Waals surface area (Å²) in [5.74, 6) is -0.142. The Bertz CT molecular complexity index is 958. The summed E-state index contributed by atoms with van der Waals surface area (Å²) in [5.41, 5.74) is 0. The fraction of sp³-hybridized carbons (Fsp3) is 0.939. The van der Waals surface area contributed by atoms with Gasteiger partial charge in [0.05, 0.1) is 39.9 Å². The van der Waals surface area contributed by atoms with Crippen LogP contribution in [0.3, 0.4) is 0 Å². The van der Waals surface area contributed by atoms with Gasteiger partial charge in [-0.1, -0.05) is 212 Å². The molecule has 3 N–H and O–H groups in total. The maximum absolute atomic E-state index is 12.9. The first-order valence-corrected chi connectivity index (χ1v) is 26.5. The van der Waals surface area contributed by atoms with Gasteiger partial charge in [0.1, 0.15) is 13.2 Å². The van der Waals surface area contributed by atoms with Crippen LogP contribution in [0.2, 0.25) is 0 Å². The molecule has 0 aromatic carbocycles. The van der Waals surface area contributed by atoms with Crippen LogP contribution in [0.25, 0.3) is 0 Å². The predicted octanol–water partition coefficient (Wildman–Crippen LogP) is 14.3. The summed E-state index contributed by atoms with van der Waals surface area (Å²) in [5, 5.41) is 14.0. The van der Waals surface area contributed by atoms with Crippen molar-refractivity contribution in [1.82, 2.24) is 5.32 Å². The third-order valence-corrected chi connectivity index (χ3v) is 12.5. The predicted molar refractivity (Wildman–Crippen MR) is 249 cm³/mol. The van der Waals surface area contributed by atoms with E-state index in [0.717, 1.165) is 38.5 Å². The van der Waals surface area contributed by atoms with Crippen molar-refractivity contribution >= 4 is 13.7 Å². The number of phosphoric acid groups is 1. The van der Waals surface area contributed by atoms with Crippen molar-refractivity contribution in [1.29, 1.82) is 0 Å². The average Bonchev–Trinajstić information content (AvgIpc) is 3.17. The van der Waals surface area contributed by atoms with Gasteiger partial charge in [-0.25, -0.2) is 4.57 Å².